The second-order valence-electron chi connectivity index (χ2n) is 5.48. The Morgan fingerprint density at radius 1 is 1.17 bits per heavy atom. The molecule has 1 N–H and O–H groups in total. The van der Waals surface area contributed by atoms with Crippen LogP contribution in [0.25, 0.3) is 0 Å². The van der Waals surface area contributed by atoms with E-state index in [-0.39, 0.29) is 17.2 Å². The van der Waals surface area contributed by atoms with Gasteiger partial charge < -0.3 is 10.0 Å². The van der Waals surface area contributed by atoms with Crippen LogP contribution in [0.4, 0.5) is 5.69 Å². The predicted octanol–water partition coefficient (Wildman–Crippen LogP) is 3.34. The van der Waals surface area contributed by atoms with Crippen molar-refractivity contribution in [1.82, 2.24) is 4.90 Å². The van der Waals surface area contributed by atoms with Gasteiger partial charge >= 0.3 is 0 Å². The Labute approximate surface area is 140 Å². The summed E-state index contributed by atoms with van der Waals surface area (Å²) in [5.74, 6) is 0. The molecule has 2 rings (SSSR count). The van der Waals surface area contributed by atoms with E-state index < -0.39 is 0 Å². The van der Waals surface area contributed by atoms with Crippen LogP contribution in [0.5, 0.6) is 0 Å². The number of aliphatic hydroxyl groups is 1. The highest BCUT2D eigenvalue weighted by atomic mass is 32.2. The van der Waals surface area contributed by atoms with Gasteiger partial charge in [-0.25, -0.2) is 0 Å². The van der Waals surface area contributed by atoms with Gasteiger partial charge in [0.15, 0.2) is 0 Å². The summed E-state index contributed by atoms with van der Waals surface area (Å²) >= 11 is 1.41. The van der Waals surface area contributed by atoms with Gasteiger partial charge in [0.1, 0.15) is 0 Å². The van der Waals surface area contributed by atoms with E-state index in [9.17, 15) is 10.1 Å². The quantitative estimate of drug-likeness (QED) is 0.622. The van der Waals surface area contributed by atoms with E-state index in [2.05, 4.69) is 4.90 Å². The maximum atomic E-state index is 11.4. The van der Waals surface area contributed by atoms with Crippen molar-refractivity contribution in [3.8, 4) is 0 Å². The van der Waals surface area contributed by atoms with Crippen LogP contribution >= 0.6 is 11.8 Å². The van der Waals surface area contributed by atoms with E-state index in [1.165, 1.54) is 11.8 Å². The molecule has 0 aromatic heterocycles. The third-order valence-electron chi connectivity index (χ3n) is 3.30. The lowest BCUT2D eigenvalue weighted by atomic mass is 10.1. The van der Waals surface area contributed by atoms with Crippen LogP contribution in [0.3, 0.4) is 0 Å². The van der Waals surface area contributed by atoms with Crippen LogP contribution < -0.4 is 0 Å². The number of hydrogen-bond donors (Lipinski definition) is 1. The lowest BCUT2D eigenvalue weighted by Crippen LogP contribution is -2.11. The Morgan fingerprint density at radius 3 is 2.57 bits per heavy atom. The summed E-state index contributed by atoms with van der Waals surface area (Å²) in [6.07, 6.45) is 0.420. The lowest BCUT2D eigenvalue weighted by Gasteiger charge is -2.14. The molecule has 6 heteroatoms. The Bertz CT molecular complexity index is 689. The summed E-state index contributed by atoms with van der Waals surface area (Å²) in [5, 5.41) is 20.3. The molecule has 0 bridgehead atoms. The number of aliphatic hydroxyl groups excluding tert-OH is 1. The van der Waals surface area contributed by atoms with Gasteiger partial charge in [-0.2, -0.15) is 0 Å². The average molecular weight is 332 g/mol. The Hall–Kier alpha value is -1.89. The standard InChI is InChI=1S/C17H20N2O3S/c1-18(2)12-14-5-3-4-6-16(14)23-17-8-7-13(9-10-20)11-15(17)19(21)22/h3-8,11,20H,9-10,12H2,1-2H3. The number of nitro groups is 1. The van der Waals surface area contributed by atoms with E-state index in [1.807, 2.05) is 44.4 Å². The molecule has 0 aliphatic rings. The minimum absolute atomic E-state index is 0.0185. The predicted molar refractivity (Wildman–Crippen MR) is 91.8 cm³/mol. The number of benzene rings is 2. The summed E-state index contributed by atoms with van der Waals surface area (Å²) in [6.45, 7) is 0.759. The van der Waals surface area contributed by atoms with Crippen LogP contribution in [0.15, 0.2) is 52.3 Å². The summed E-state index contributed by atoms with van der Waals surface area (Å²) in [7, 11) is 3.99. The van der Waals surface area contributed by atoms with Crippen LogP contribution in [-0.4, -0.2) is 35.6 Å². The fourth-order valence-electron chi connectivity index (χ4n) is 2.27. The SMILES string of the molecule is CN(C)Cc1ccccc1Sc1ccc(CCO)cc1[N+](=O)[O-]. The van der Waals surface area contributed by atoms with E-state index in [1.54, 1.807) is 12.1 Å². The molecule has 0 fully saturated rings. The third kappa shape index (κ3) is 4.79. The first-order chi connectivity index (χ1) is 11.0. The van der Waals surface area contributed by atoms with Gasteiger partial charge in [0, 0.05) is 24.1 Å². The molecular weight excluding hydrogens is 312 g/mol. The second kappa shape index (κ2) is 8.10. The minimum atomic E-state index is -0.363. The van der Waals surface area contributed by atoms with Gasteiger partial charge in [-0.1, -0.05) is 36.0 Å². The minimum Gasteiger partial charge on any atom is -0.396 e. The molecule has 0 saturated carbocycles. The third-order valence-corrected chi connectivity index (χ3v) is 4.48. The fraction of sp³-hybridized carbons (Fsp3) is 0.294. The highest BCUT2D eigenvalue weighted by Gasteiger charge is 2.17. The summed E-state index contributed by atoms with van der Waals surface area (Å²) in [5.41, 5.74) is 1.99. The van der Waals surface area contributed by atoms with Crippen molar-refractivity contribution in [3.63, 3.8) is 0 Å². The molecule has 0 amide bonds. The van der Waals surface area contributed by atoms with Crippen molar-refractivity contribution in [1.29, 1.82) is 0 Å². The molecule has 23 heavy (non-hydrogen) atoms. The zero-order chi connectivity index (χ0) is 16.8. The number of hydrogen-bond acceptors (Lipinski definition) is 5. The van der Waals surface area contributed by atoms with Crippen LogP contribution in [0.2, 0.25) is 0 Å². The first-order valence-corrected chi connectivity index (χ1v) is 8.11. The van der Waals surface area contributed by atoms with Gasteiger partial charge in [-0.3, -0.25) is 10.1 Å². The molecule has 122 valence electrons. The van der Waals surface area contributed by atoms with Crippen LogP contribution in [0, 0.1) is 10.1 Å². The Morgan fingerprint density at radius 2 is 1.91 bits per heavy atom. The molecule has 0 atom stereocenters. The largest absolute Gasteiger partial charge is 0.396 e. The molecule has 2 aromatic carbocycles. The smallest absolute Gasteiger partial charge is 0.283 e. The van der Waals surface area contributed by atoms with Gasteiger partial charge in [0.05, 0.1) is 9.82 Å². The summed E-state index contributed by atoms with van der Waals surface area (Å²) in [4.78, 5) is 14.7. The molecule has 0 spiro atoms. The van der Waals surface area contributed by atoms with Crippen molar-refractivity contribution in [2.75, 3.05) is 20.7 Å². The van der Waals surface area contributed by atoms with Crippen molar-refractivity contribution < 1.29 is 10.0 Å². The molecule has 0 heterocycles. The van der Waals surface area contributed by atoms with E-state index in [4.69, 9.17) is 5.11 Å². The van der Waals surface area contributed by atoms with Crippen LogP contribution in [0.1, 0.15) is 11.1 Å². The second-order valence-corrected chi connectivity index (χ2v) is 6.56. The molecule has 2 aromatic rings. The van der Waals surface area contributed by atoms with E-state index in [0.717, 1.165) is 22.6 Å². The van der Waals surface area contributed by atoms with Crippen molar-refractivity contribution in [2.45, 2.75) is 22.8 Å². The van der Waals surface area contributed by atoms with Crippen molar-refractivity contribution >= 4 is 17.4 Å². The highest BCUT2D eigenvalue weighted by molar-refractivity contribution is 7.99. The molecule has 0 aliphatic carbocycles. The molecular formula is C17H20N2O3S. The van der Waals surface area contributed by atoms with Gasteiger partial charge in [-0.05, 0) is 43.8 Å². The van der Waals surface area contributed by atoms with Gasteiger partial charge in [0.25, 0.3) is 5.69 Å². The fourth-order valence-corrected chi connectivity index (χ4v) is 3.29. The van der Waals surface area contributed by atoms with Crippen LogP contribution in [-0.2, 0) is 13.0 Å². The number of rotatable bonds is 7. The topological polar surface area (TPSA) is 66.6 Å². The maximum absolute atomic E-state index is 11.4. The highest BCUT2D eigenvalue weighted by Crippen LogP contribution is 2.37. The normalized spacial score (nSPS) is 11.0. The van der Waals surface area contributed by atoms with Crippen molar-refractivity contribution in [3.05, 3.63) is 63.7 Å². The average Bonchev–Trinajstić information content (AvgIpc) is 2.50. The number of nitro benzene ring substituents is 1. The summed E-state index contributed by atoms with van der Waals surface area (Å²) < 4.78 is 0. The molecule has 0 aliphatic heterocycles. The Kier molecular flexibility index (Phi) is 6.15. The van der Waals surface area contributed by atoms with Gasteiger partial charge in [0.2, 0.25) is 0 Å². The van der Waals surface area contributed by atoms with Crippen molar-refractivity contribution in [2.24, 2.45) is 0 Å². The zero-order valence-electron chi connectivity index (χ0n) is 13.2. The Balaban J connectivity index is 2.35. The molecule has 0 unspecified atom stereocenters. The van der Waals surface area contributed by atoms with E-state index in [0.29, 0.717) is 11.3 Å². The molecule has 5 nitrogen and oxygen atoms in total. The number of nitrogens with zero attached hydrogens (tertiary/aromatic N) is 2. The first kappa shape index (κ1) is 17.5. The molecule has 0 radical (unpaired) electrons. The molecule has 0 saturated heterocycles. The monoisotopic (exact) mass is 332 g/mol. The van der Waals surface area contributed by atoms with Gasteiger partial charge in [-0.15, -0.1) is 0 Å². The maximum Gasteiger partial charge on any atom is 0.283 e. The zero-order valence-corrected chi connectivity index (χ0v) is 14.0. The summed E-state index contributed by atoms with van der Waals surface area (Å²) in [6, 6.07) is 13.1. The first-order valence-electron chi connectivity index (χ1n) is 7.30. The lowest BCUT2D eigenvalue weighted by molar-refractivity contribution is -0.387. The van der Waals surface area contributed by atoms with E-state index >= 15 is 0 Å².